The molecule has 0 fully saturated rings. The lowest BCUT2D eigenvalue weighted by Crippen LogP contribution is -2.37. The number of nitrogens with two attached hydrogens (primary N) is 1. The van der Waals surface area contributed by atoms with Gasteiger partial charge in [-0.1, -0.05) is 0 Å². The van der Waals surface area contributed by atoms with Gasteiger partial charge in [-0.15, -0.1) is 0 Å². The number of halogens is 12. The monoisotopic (exact) mass is 1030 g/mol. The highest BCUT2D eigenvalue weighted by Crippen LogP contribution is 2.46. The number of ether oxygens (including phenoxy) is 6. The van der Waals surface area contributed by atoms with Crippen molar-refractivity contribution in [2.24, 2.45) is 5.73 Å². The first-order valence-electron chi connectivity index (χ1n) is 19.2. The Hall–Kier alpha value is -7.42. The van der Waals surface area contributed by atoms with Crippen LogP contribution in [0.15, 0.2) is 58.6 Å². The number of Topliss-reactive ketones (excluding diaryl/α,β-unsaturated/α-hetero) is 1. The largest absolute Gasteiger partial charge is 0.466 e. The number of hydrogen-bond donors (Lipinski definition) is 2. The van der Waals surface area contributed by atoms with Gasteiger partial charge in [0.1, 0.15) is 55.2 Å². The number of carbonyl (C=O) groups is 8. The molecular weight excluding hydrogens is 984 g/mol. The Labute approximate surface area is 388 Å². The summed E-state index contributed by atoms with van der Waals surface area (Å²) in [6, 6.07) is 0.649. The lowest BCUT2D eigenvalue weighted by atomic mass is 9.78. The topological polar surface area (TPSA) is 230 Å². The van der Waals surface area contributed by atoms with Crippen molar-refractivity contribution in [3.8, 4) is 0 Å². The number of ketones is 1. The fourth-order valence-electron chi connectivity index (χ4n) is 5.28. The van der Waals surface area contributed by atoms with Crippen molar-refractivity contribution in [3.05, 3.63) is 104 Å². The van der Waals surface area contributed by atoms with Crippen molar-refractivity contribution >= 4 is 47.9 Å². The third-order valence-corrected chi connectivity index (χ3v) is 7.90. The standard InChI is InChI=1S/C21H19F6NO6.C8H3F5O.C8H12O5.C5H8FNO2/c1-4-33-20(31)17-14(8-34-9(2)29)28-13(7-22)16(19(30)32-3)15(17)11-5-10(23)6-12(24)18(11)21(25,26)27;9-5-1-4(3-14)7(6(10)2-5)8(11,12)13;1-3-12-8(11)4-7(10)5-13-6(2)9;1-9-5(8)2-4(7)3-6/h5-6,15,28H,4,7-8H2,1-3H3;1-3H;3-5H2,1-2H3;2H,3,7H2,1H3/b;;;4-2+. The Bertz CT molecular complexity index is 2330. The van der Waals surface area contributed by atoms with E-state index in [-0.39, 0.29) is 56.4 Å². The fraction of sp³-hybridized carbons (Fsp3) is 0.381. The molecule has 1 atom stereocenters. The van der Waals surface area contributed by atoms with E-state index in [4.69, 9.17) is 15.2 Å². The first-order valence-corrected chi connectivity index (χ1v) is 19.2. The Morgan fingerprint density at radius 3 is 1.66 bits per heavy atom. The second-order valence-electron chi connectivity index (χ2n) is 13.0. The van der Waals surface area contributed by atoms with Crippen LogP contribution in [0, 0.1) is 23.3 Å². The number of aldehydes is 1. The van der Waals surface area contributed by atoms with Crippen molar-refractivity contribution in [2.75, 3.05) is 54.0 Å². The maximum atomic E-state index is 14.4. The molecule has 388 valence electrons. The van der Waals surface area contributed by atoms with Gasteiger partial charge in [-0.2, -0.15) is 26.3 Å². The van der Waals surface area contributed by atoms with Crippen molar-refractivity contribution in [1.29, 1.82) is 0 Å². The first-order chi connectivity index (χ1) is 32.5. The minimum absolute atomic E-state index is 0.0292. The third kappa shape index (κ3) is 20.4. The summed E-state index contributed by atoms with van der Waals surface area (Å²) in [5.74, 6) is -14.5. The number of esters is 6. The zero-order valence-corrected chi connectivity index (χ0v) is 37.3. The second-order valence-corrected chi connectivity index (χ2v) is 13.0. The summed E-state index contributed by atoms with van der Waals surface area (Å²) < 4.78 is 184. The van der Waals surface area contributed by atoms with Crippen LogP contribution in [0.5, 0.6) is 0 Å². The SMILES string of the molecule is CCOC(=O)C1=C(COC(C)=O)NC(CF)=C(C(=O)OC)C1c1cc(F)cc(F)c1C(F)(F)F.CCOC(=O)CC(=O)COC(C)=O.COC(=O)/C=C(/N)CF.O=Cc1cc(F)cc(F)c1C(F)(F)F. The average molecular weight is 1030 g/mol. The van der Waals surface area contributed by atoms with Gasteiger partial charge < -0.3 is 39.5 Å². The van der Waals surface area contributed by atoms with Crippen LogP contribution >= 0.6 is 0 Å². The van der Waals surface area contributed by atoms with Crippen molar-refractivity contribution in [3.63, 3.8) is 0 Å². The van der Waals surface area contributed by atoms with Gasteiger partial charge in [-0.3, -0.25) is 24.0 Å². The predicted molar refractivity (Wildman–Crippen MR) is 212 cm³/mol. The highest BCUT2D eigenvalue weighted by molar-refractivity contribution is 6.00. The molecule has 1 heterocycles. The molecule has 70 heavy (non-hydrogen) atoms. The molecule has 0 aromatic heterocycles. The van der Waals surface area contributed by atoms with E-state index in [0.717, 1.165) is 20.1 Å². The van der Waals surface area contributed by atoms with Crippen molar-refractivity contribution in [1.82, 2.24) is 5.32 Å². The highest BCUT2D eigenvalue weighted by atomic mass is 19.4. The first kappa shape index (κ1) is 62.6. The van der Waals surface area contributed by atoms with E-state index >= 15 is 0 Å². The van der Waals surface area contributed by atoms with Gasteiger partial charge in [-0.25, -0.2) is 40.7 Å². The van der Waals surface area contributed by atoms with Crippen molar-refractivity contribution < 1.29 is 119 Å². The quantitative estimate of drug-likeness (QED) is 0.0499. The molecule has 3 N–H and O–H groups in total. The van der Waals surface area contributed by atoms with E-state index < -0.39 is 148 Å². The molecule has 28 heteroatoms. The zero-order chi connectivity index (χ0) is 54.3. The Morgan fingerprint density at radius 2 is 1.21 bits per heavy atom. The molecule has 0 saturated carbocycles. The summed E-state index contributed by atoms with van der Waals surface area (Å²) >= 11 is 0. The Kier molecular flexibility index (Phi) is 26.3. The van der Waals surface area contributed by atoms with Gasteiger partial charge in [0.25, 0.3) is 0 Å². The van der Waals surface area contributed by atoms with E-state index in [1.807, 2.05) is 0 Å². The number of hydrogen-bond acceptors (Lipinski definition) is 16. The number of methoxy groups -OCH3 is 2. The van der Waals surface area contributed by atoms with Crippen LogP contribution in [0.2, 0.25) is 0 Å². The summed E-state index contributed by atoms with van der Waals surface area (Å²) in [4.78, 5) is 88.9. The van der Waals surface area contributed by atoms with Crippen molar-refractivity contribution in [2.45, 2.75) is 52.4 Å². The summed E-state index contributed by atoms with van der Waals surface area (Å²) in [6.45, 7) is 1.68. The molecule has 1 aliphatic rings. The van der Waals surface area contributed by atoms with E-state index in [0.29, 0.717) is 6.07 Å². The second kappa shape index (κ2) is 29.5. The molecule has 0 amide bonds. The van der Waals surface area contributed by atoms with Crippen LogP contribution < -0.4 is 11.1 Å². The van der Waals surface area contributed by atoms with Crippen LogP contribution in [-0.2, 0) is 74.3 Å². The van der Waals surface area contributed by atoms with Crippen LogP contribution in [0.25, 0.3) is 0 Å². The molecular formula is C42H42F12N2O14. The Morgan fingerprint density at radius 1 is 0.700 bits per heavy atom. The number of benzene rings is 2. The summed E-state index contributed by atoms with van der Waals surface area (Å²) in [5.41, 5.74) is -3.89. The molecule has 0 saturated heterocycles. The van der Waals surface area contributed by atoms with Crippen LogP contribution in [-0.4, -0.2) is 102 Å². The van der Waals surface area contributed by atoms with Gasteiger partial charge in [-0.05, 0) is 31.5 Å². The molecule has 0 radical (unpaired) electrons. The lowest BCUT2D eigenvalue weighted by Gasteiger charge is -2.32. The zero-order valence-electron chi connectivity index (χ0n) is 37.3. The molecule has 0 aliphatic carbocycles. The summed E-state index contributed by atoms with van der Waals surface area (Å²) in [6.07, 6.45) is -10.1. The third-order valence-electron chi connectivity index (χ3n) is 7.90. The molecule has 1 unspecified atom stereocenters. The number of dihydropyridines is 1. The van der Waals surface area contributed by atoms with Gasteiger partial charge in [0, 0.05) is 43.3 Å². The number of nitrogens with one attached hydrogen (secondary N) is 1. The normalized spacial score (nSPS) is 13.3. The number of carbonyl (C=O) groups excluding carboxylic acids is 8. The molecule has 2 aromatic carbocycles. The maximum Gasteiger partial charge on any atom is 0.419 e. The van der Waals surface area contributed by atoms with E-state index in [1.54, 1.807) is 6.92 Å². The number of rotatable bonds is 15. The van der Waals surface area contributed by atoms with Crippen LogP contribution in [0.1, 0.15) is 67.1 Å². The molecule has 16 nitrogen and oxygen atoms in total. The number of alkyl halides is 8. The number of allylic oxidation sites excluding steroid dienone is 2. The Balaban J connectivity index is 0.00000108. The van der Waals surface area contributed by atoms with Crippen LogP contribution in [0.3, 0.4) is 0 Å². The predicted octanol–water partition coefficient (Wildman–Crippen LogP) is 6.29. The smallest absolute Gasteiger partial charge is 0.419 e. The summed E-state index contributed by atoms with van der Waals surface area (Å²) in [7, 11) is 2.03. The van der Waals surface area contributed by atoms with Gasteiger partial charge in [0.15, 0.2) is 18.7 Å². The summed E-state index contributed by atoms with van der Waals surface area (Å²) in [5, 5.41) is 2.34. The maximum absolute atomic E-state index is 14.4. The van der Waals surface area contributed by atoms with E-state index in [2.05, 4.69) is 24.3 Å². The lowest BCUT2D eigenvalue weighted by molar-refractivity contribution is -0.151. The molecule has 2 aromatic rings. The van der Waals surface area contributed by atoms with Gasteiger partial charge in [0.2, 0.25) is 0 Å². The van der Waals surface area contributed by atoms with E-state index in [1.165, 1.54) is 21.0 Å². The molecule has 0 bridgehead atoms. The minimum atomic E-state index is -5.41. The van der Waals surface area contributed by atoms with Gasteiger partial charge >= 0.3 is 48.2 Å². The molecule has 3 rings (SSSR count). The molecule has 0 spiro atoms. The van der Waals surface area contributed by atoms with Gasteiger partial charge in [0.05, 0.1) is 61.5 Å². The molecule has 1 aliphatic heterocycles. The fourth-order valence-corrected chi connectivity index (χ4v) is 5.28. The average Bonchev–Trinajstić information content (AvgIpc) is 3.25. The minimum Gasteiger partial charge on any atom is -0.466 e. The highest BCUT2D eigenvalue weighted by Gasteiger charge is 2.46. The van der Waals surface area contributed by atoms with E-state index in [9.17, 15) is 91.0 Å². The van der Waals surface area contributed by atoms with Crippen LogP contribution in [0.4, 0.5) is 52.7 Å².